The number of aliphatic imine (C=N–C) groups is 2. The first kappa shape index (κ1) is 14.6. The number of amidine groups is 1. The molecule has 0 atom stereocenters. The first-order chi connectivity index (χ1) is 8.58. The minimum atomic E-state index is -0.194. The van der Waals surface area contributed by atoms with E-state index < -0.39 is 0 Å². The van der Waals surface area contributed by atoms with Crippen molar-refractivity contribution in [3.8, 4) is 0 Å². The lowest BCUT2D eigenvalue weighted by molar-refractivity contribution is 0.618. The smallest absolute Gasteiger partial charge is 0.154 e. The number of halogens is 1. The fourth-order valence-corrected chi connectivity index (χ4v) is 1.70. The second kappa shape index (κ2) is 7.04. The molecule has 0 heterocycles. The Morgan fingerprint density at radius 1 is 1.33 bits per heavy atom. The second-order valence-corrected chi connectivity index (χ2v) is 4.46. The summed E-state index contributed by atoms with van der Waals surface area (Å²) in [5.74, 6) is 0.479. The van der Waals surface area contributed by atoms with Crippen molar-refractivity contribution in [2.45, 2.75) is 40.0 Å². The van der Waals surface area contributed by atoms with E-state index in [4.69, 9.17) is 0 Å². The van der Waals surface area contributed by atoms with Gasteiger partial charge in [-0.1, -0.05) is 13.3 Å². The number of rotatable bonds is 4. The van der Waals surface area contributed by atoms with E-state index in [2.05, 4.69) is 16.9 Å². The maximum absolute atomic E-state index is 13.2. The summed E-state index contributed by atoms with van der Waals surface area (Å²) in [6.45, 7) is 5.92. The molecule has 1 aromatic carbocycles. The zero-order valence-corrected chi connectivity index (χ0v) is 11.6. The Morgan fingerprint density at radius 2 is 2.06 bits per heavy atom. The van der Waals surface area contributed by atoms with Crippen LogP contribution in [0.3, 0.4) is 0 Å². The summed E-state index contributed by atoms with van der Waals surface area (Å²) >= 11 is 0. The van der Waals surface area contributed by atoms with Crippen LogP contribution in [0.1, 0.15) is 44.2 Å². The van der Waals surface area contributed by atoms with Gasteiger partial charge in [0.2, 0.25) is 0 Å². The van der Waals surface area contributed by atoms with Crippen LogP contribution < -0.4 is 0 Å². The zero-order valence-electron chi connectivity index (χ0n) is 11.6. The standard InChI is InChI=1S/C15H21FN2/c1-5-6-7-12(3)18-15(17-4)13-8-9-14(16)11(2)10-13/h8-10H,5-7H2,1-4H3. The van der Waals surface area contributed by atoms with Crippen LogP contribution in [0.4, 0.5) is 4.39 Å². The lowest BCUT2D eigenvalue weighted by Gasteiger charge is -2.05. The van der Waals surface area contributed by atoms with Crippen molar-refractivity contribution < 1.29 is 4.39 Å². The Bertz CT molecular complexity index is 462. The zero-order chi connectivity index (χ0) is 13.5. The minimum absolute atomic E-state index is 0.194. The Labute approximate surface area is 109 Å². The molecule has 0 fully saturated rings. The van der Waals surface area contributed by atoms with Crippen molar-refractivity contribution in [3.63, 3.8) is 0 Å². The normalized spacial score (nSPS) is 12.9. The van der Waals surface area contributed by atoms with Crippen LogP contribution in [-0.4, -0.2) is 18.6 Å². The summed E-state index contributed by atoms with van der Waals surface area (Å²) in [4.78, 5) is 8.70. The van der Waals surface area contributed by atoms with Crippen molar-refractivity contribution in [1.29, 1.82) is 0 Å². The molecule has 0 aliphatic rings. The number of benzene rings is 1. The fourth-order valence-electron chi connectivity index (χ4n) is 1.70. The highest BCUT2D eigenvalue weighted by Gasteiger charge is 2.05. The van der Waals surface area contributed by atoms with Crippen molar-refractivity contribution in [3.05, 3.63) is 35.1 Å². The first-order valence-corrected chi connectivity index (χ1v) is 6.36. The molecule has 18 heavy (non-hydrogen) atoms. The number of unbranched alkanes of at least 4 members (excludes halogenated alkanes) is 1. The van der Waals surface area contributed by atoms with Crippen molar-refractivity contribution in [1.82, 2.24) is 0 Å². The Hall–Kier alpha value is -1.51. The van der Waals surface area contributed by atoms with Crippen LogP contribution in [0, 0.1) is 12.7 Å². The number of aryl methyl sites for hydroxylation is 1. The third-order valence-electron chi connectivity index (χ3n) is 2.82. The Morgan fingerprint density at radius 3 is 2.61 bits per heavy atom. The highest BCUT2D eigenvalue weighted by Crippen LogP contribution is 2.11. The highest BCUT2D eigenvalue weighted by atomic mass is 19.1. The largest absolute Gasteiger partial charge is 0.270 e. The number of hydrogen-bond acceptors (Lipinski definition) is 1. The van der Waals surface area contributed by atoms with Crippen LogP contribution in [0.2, 0.25) is 0 Å². The van der Waals surface area contributed by atoms with Gasteiger partial charge in [0.05, 0.1) is 0 Å². The van der Waals surface area contributed by atoms with E-state index in [-0.39, 0.29) is 5.82 Å². The fraction of sp³-hybridized carbons (Fsp3) is 0.467. The molecular formula is C15H21FN2. The molecule has 0 amide bonds. The molecule has 0 spiro atoms. The molecule has 0 aliphatic heterocycles. The third-order valence-corrected chi connectivity index (χ3v) is 2.82. The van der Waals surface area contributed by atoms with Gasteiger partial charge in [0.1, 0.15) is 5.82 Å². The van der Waals surface area contributed by atoms with Gasteiger partial charge >= 0.3 is 0 Å². The molecular weight excluding hydrogens is 227 g/mol. The lowest BCUT2D eigenvalue weighted by atomic mass is 10.1. The predicted molar refractivity (Wildman–Crippen MR) is 76.2 cm³/mol. The summed E-state index contributed by atoms with van der Waals surface area (Å²) < 4.78 is 13.2. The molecule has 98 valence electrons. The van der Waals surface area contributed by atoms with E-state index in [9.17, 15) is 4.39 Å². The molecule has 3 heteroatoms. The van der Waals surface area contributed by atoms with Gasteiger partial charge in [-0.3, -0.25) is 4.99 Å². The molecule has 0 N–H and O–H groups in total. The summed E-state index contributed by atoms with van der Waals surface area (Å²) in [5.41, 5.74) is 2.56. The SMILES string of the molecule is CCCCC(C)=NC(=NC)c1ccc(F)c(C)c1. The van der Waals surface area contributed by atoms with Crippen LogP contribution in [0.5, 0.6) is 0 Å². The molecule has 0 radical (unpaired) electrons. The quantitative estimate of drug-likeness (QED) is 0.564. The second-order valence-electron chi connectivity index (χ2n) is 4.46. The summed E-state index contributed by atoms with van der Waals surface area (Å²) in [6, 6.07) is 4.97. The molecule has 1 aromatic rings. The van der Waals surface area contributed by atoms with E-state index in [1.54, 1.807) is 26.1 Å². The van der Waals surface area contributed by atoms with Crippen LogP contribution >= 0.6 is 0 Å². The third kappa shape index (κ3) is 4.06. The molecule has 1 rings (SSSR count). The van der Waals surface area contributed by atoms with E-state index >= 15 is 0 Å². The molecule has 2 nitrogen and oxygen atoms in total. The van der Waals surface area contributed by atoms with Gasteiger partial charge in [-0.25, -0.2) is 9.38 Å². The molecule has 0 bridgehead atoms. The highest BCUT2D eigenvalue weighted by molar-refractivity contribution is 6.06. The van der Waals surface area contributed by atoms with Gasteiger partial charge in [-0.2, -0.15) is 0 Å². The monoisotopic (exact) mass is 248 g/mol. The molecule has 0 saturated heterocycles. The Kier molecular flexibility index (Phi) is 5.69. The van der Waals surface area contributed by atoms with Gasteiger partial charge in [0, 0.05) is 18.3 Å². The maximum Gasteiger partial charge on any atom is 0.154 e. The summed E-state index contributed by atoms with van der Waals surface area (Å²) in [5, 5.41) is 0. The molecule has 0 aliphatic carbocycles. The van der Waals surface area contributed by atoms with Crippen LogP contribution in [-0.2, 0) is 0 Å². The topological polar surface area (TPSA) is 24.7 Å². The average molecular weight is 248 g/mol. The van der Waals surface area contributed by atoms with Gasteiger partial charge < -0.3 is 0 Å². The van der Waals surface area contributed by atoms with Crippen LogP contribution in [0.15, 0.2) is 28.2 Å². The predicted octanol–water partition coefficient (Wildman–Crippen LogP) is 4.16. The van der Waals surface area contributed by atoms with Crippen molar-refractivity contribution >= 4 is 11.5 Å². The summed E-state index contributed by atoms with van der Waals surface area (Å²) in [6.07, 6.45) is 3.27. The first-order valence-electron chi connectivity index (χ1n) is 6.36. The minimum Gasteiger partial charge on any atom is -0.270 e. The summed E-state index contributed by atoms with van der Waals surface area (Å²) in [7, 11) is 1.71. The number of hydrogen-bond donors (Lipinski definition) is 0. The lowest BCUT2D eigenvalue weighted by Crippen LogP contribution is -2.03. The molecule has 0 saturated carbocycles. The Balaban J connectivity index is 2.93. The molecule has 0 unspecified atom stereocenters. The van der Waals surface area contributed by atoms with Crippen molar-refractivity contribution in [2.75, 3.05) is 7.05 Å². The van der Waals surface area contributed by atoms with E-state index in [1.807, 2.05) is 6.92 Å². The average Bonchev–Trinajstić information content (AvgIpc) is 2.37. The van der Waals surface area contributed by atoms with Gasteiger partial charge in [0.15, 0.2) is 5.84 Å². The van der Waals surface area contributed by atoms with Crippen molar-refractivity contribution in [2.24, 2.45) is 9.98 Å². The van der Waals surface area contributed by atoms with E-state index in [0.717, 1.165) is 30.5 Å². The van der Waals surface area contributed by atoms with Gasteiger partial charge in [0.25, 0.3) is 0 Å². The number of nitrogens with zero attached hydrogens (tertiary/aromatic N) is 2. The van der Waals surface area contributed by atoms with Crippen LogP contribution in [0.25, 0.3) is 0 Å². The van der Waals surface area contributed by atoms with E-state index in [1.165, 1.54) is 6.07 Å². The van der Waals surface area contributed by atoms with Gasteiger partial charge in [-0.05, 0) is 50.5 Å². The van der Waals surface area contributed by atoms with E-state index in [0.29, 0.717) is 11.4 Å². The maximum atomic E-state index is 13.2. The van der Waals surface area contributed by atoms with Gasteiger partial charge in [-0.15, -0.1) is 0 Å². The molecule has 0 aromatic heterocycles.